The van der Waals surface area contributed by atoms with Crippen LogP contribution in [0.4, 0.5) is 0 Å². The molecule has 31 heavy (non-hydrogen) atoms. The molecule has 1 fully saturated rings. The number of pyridine rings is 1. The van der Waals surface area contributed by atoms with Crippen molar-refractivity contribution in [2.45, 2.75) is 44.7 Å². The van der Waals surface area contributed by atoms with E-state index in [1.165, 1.54) is 24.6 Å². The lowest BCUT2D eigenvalue weighted by Crippen LogP contribution is -2.37. The van der Waals surface area contributed by atoms with E-state index in [0.717, 1.165) is 46.8 Å². The third kappa shape index (κ3) is 5.14. The van der Waals surface area contributed by atoms with Gasteiger partial charge in [-0.2, -0.15) is 0 Å². The number of rotatable bonds is 7. The number of likely N-dealkylation sites (tertiary alicyclic amines) is 1. The second-order valence-electron chi connectivity index (χ2n) is 8.36. The van der Waals surface area contributed by atoms with E-state index < -0.39 is 0 Å². The summed E-state index contributed by atoms with van der Waals surface area (Å²) in [4.78, 5) is 22.8. The Bertz CT molecular complexity index is 1000. The summed E-state index contributed by atoms with van der Waals surface area (Å²) in [5, 5.41) is 10.5. The van der Waals surface area contributed by atoms with E-state index in [1.807, 2.05) is 18.3 Å². The Labute approximate surface area is 188 Å². The van der Waals surface area contributed by atoms with Crippen molar-refractivity contribution in [3.05, 3.63) is 64.8 Å². The monoisotopic (exact) mass is 437 g/mol. The Morgan fingerprint density at radius 3 is 2.84 bits per heavy atom. The van der Waals surface area contributed by atoms with Gasteiger partial charge in [0.25, 0.3) is 5.91 Å². The number of aromatic nitrogens is 1. The molecule has 1 N–H and O–H groups in total. The molecule has 1 saturated heterocycles. The Balaban J connectivity index is 1.66. The Kier molecular flexibility index (Phi) is 7.33. The number of amides is 1. The fourth-order valence-corrected chi connectivity index (χ4v) is 5.74. The summed E-state index contributed by atoms with van der Waals surface area (Å²) in [6, 6.07) is 14.8. The highest BCUT2D eigenvalue weighted by Crippen LogP contribution is 2.35. The third-order valence-electron chi connectivity index (χ3n) is 6.20. The van der Waals surface area contributed by atoms with Crippen LogP contribution in [0.3, 0.4) is 0 Å². The van der Waals surface area contributed by atoms with Crippen molar-refractivity contribution < 1.29 is 9.90 Å². The molecule has 3 heterocycles. The number of benzene rings is 1. The van der Waals surface area contributed by atoms with Crippen LogP contribution in [-0.2, 0) is 13.0 Å². The minimum Gasteiger partial charge on any atom is -0.395 e. The van der Waals surface area contributed by atoms with Crippen LogP contribution >= 0.6 is 11.3 Å². The molecular weight excluding hydrogens is 406 g/mol. The molecule has 0 bridgehead atoms. The first kappa shape index (κ1) is 21.9. The van der Waals surface area contributed by atoms with E-state index >= 15 is 0 Å². The van der Waals surface area contributed by atoms with Crippen LogP contribution < -0.4 is 0 Å². The standard InChI is InChI=1S/C25H31N3O2S/c1-27(15-16-29)25(30)24-22(21-11-4-5-12-23(21)31-24)17-20-10-3-2-8-14-28(20)18-19-9-6-7-13-26-19/h4-7,9,11-13,20,29H,2-3,8,10,14-18H2,1H3/t20-/m0/s1. The highest BCUT2D eigenvalue weighted by molar-refractivity contribution is 7.21. The summed E-state index contributed by atoms with van der Waals surface area (Å²) in [5.41, 5.74) is 2.26. The molecule has 1 aliphatic heterocycles. The molecule has 1 aliphatic rings. The highest BCUT2D eigenvalue weighted by atomic mass is 32.1. The van der Waals surface area contributed by atoms with E-state index in [2.05, 4.69) is 40.2 Å². The predicted molar refractivity (Wildman–Crippen MR) is 126 cm³/mol. The maximum Gasteiger partial charge on any atom is 0.264 e. The molecule has 6 heteroatoms. The number of fused-ring (bicyclic) bond motifs is 1. The van der Waals surface area contributed by atoms with Crippen molar-refractivity contribution in [3.63, 3.8) is 0 Å². The predicted octanol–water partition coefficient (Wildman–Crippen LogP) is 4.35. The van der Waals surface area contributed by atoms with Crippen molar-refractivity contribution in [1.29, 1.82) is 0 Å². The number of hydrogen-bond acceptors (Lipinski definition) is 5. The second-order valence-corrected chi connectivity index (χ2v) is 9.41. The Morgan fingerprint density at radius 2 is 2.03 bits per heavy atom. The number of carbonyl (C=O) groups is 1. The van der Waals surface area contributed by atoms with Gasteiger partial charge in [0.1, 0.15) is 0 Å². The molecular formula is C25H31N3O2S. The first-order valence-electron chi connectivity index (χ1n) is 11.2. The number of nitrogens with zero attached hydrogens (tertiary/aromatic N) is 3. The molecule has 1 atom stereocenters. The van der Waals surface area contributed by atoms with E-state index in [-0.39, 0.29) is 12.5 Å². The number of hydrogen-bond donors (Lipinski definition) is 1. The SMILES string of the molecule is CN(CCO)C(=O)c1sc2ccccc2c1C[C@@H]1CCCCCN1Cc1ccccn1. The van der Waals surface area contributed by atoms with Crippen LogP contribution in [0.1, 0.15) is 46.6 Å². The zero-order valence-corrected chi connectivity index (χ0v) is 19.0. The average Bonchev–Trinajstić information content (AvgIpc) is 3.01. The summed E-state index contributed by atoms with van der Waals surface area (Å²) < 4.78 is 1.16. The van der Waals surface area contributed by atoms with E-state index in [9.17, 15) is 9.90 Å². The number of thiophene rings is 1. The van der Waals surface area contributed by atoms with Crippen molar-refractivity contribution >= 4 is 27.3 Å². The van der Waals surface area contributed by atoms with Gasteiger partial charge in [0.15, 0.2) is 0 Å². The molecule has 0 aliphatic carbocycles. The van der Waals surface area contributed by atoms with Gasteiger partial charge < -0.3 is 10.0 Å². The fraction of sp³-hybridized carbons (Fsp3) is 0.440. The van der Waals surface area contributed by atoms with Crippen molar-refractivity contribution in [2.24, 2.45) is 0 Å². The van der Waals surface area contributed by atoms with Gasteiger partial charge in [0, 0.05) is 37.1 Å². The maximum atomic E-state index is 13.2. The van der Waals surface area contributed by atoms with Gasteiger partial charge >= 0.3 is 0 Å². The van der Waals surface area contributed by atoms with Crippen molar-refractivity contribution in [1.82, 2.24) is 14.8 Å². The van der Waals surface area contributed by atoms with E-state index in [4.69, 9.17) is 0 Å². The molecule has 5 nitrogen and oxygen atoms in total. The Morgan fingerprint density at radius 1 is 1.19 bits per heavy atom. The molecule has 164 valence electrons. The van der Waals surface area contributed by atoms with Gasteiger partial charge in [-0.1, -0.05) is 37.1 Å². The molecule has 1 amide bonds. The topological polar surface area (TPSA) is 56.7 Å². The molecule has 0 spiro atoms. The number of aliphatic hydroxyl groups is 1. The normalized spacial score (nSPS) is 17.5. The van der Waals surface area contributed by atoms with Gasteiger partial charge in [-0.05, 0) is 55.0 Å². The lowest BCUT2D eigenvalue weighted by molar-refractivity contribution is 0.0770. The van der Waals surface area contributed by atoms with Gasteiger partial charge in [0.2, 0.25) is 0 Å². The van der Waals surface area contributed by atoms with Crippen molar-refractivity contribution in [3.8, 4) is 0 Å². The smallest absolute Gasteiger partial charge is 0.264 e. The number of likely N-dealkylation sites (N-methyl/N-ethyl adjacent to an activating group) is 1. The van der Waals surface area contributed by atoms with Crippen LogP contribution in [0.2, 0.25) is 0 Å². The average molecular weight is 438 g/mol. The first-order valence-corrected chi connectivity index (χ1v) is 12.0. The van der Waals surface area contributed by atoms with Gasteiger partial charge in [-0.15, -0.1) is 11.3 Å². The van der Waals surface area contributed by atoms with Crippen LogP contribution in [-0.4, -0.2) is 58.6 Å². The fourth-order valence-electron chi connectivity index (χ4n) is 4.51. The largest absolute Gasteiger partial charge is 0.395 e. The summed E-state index contributed by atoms with van der Waals surface area (Å²) >= 11 is 1.58. The van der Waals surface area contributed by atoms with Crippen molar-refractivity contribution in [2.75, 3.05) is 26.7 Å². The molecule has 4 rings (SSSR count). The molecule has 0 saturated carbocycles. The van der Waals surface area contributed by atoms with Crippen LogP contribution in [0, 0.1) is 0 Å². The van der Waals surface area contributed by atoms with E-state index in [1.54, 1.807) is 23.3 Å². The molecule has 0 unspecified atom stereocenters. The zero-order valence-electron chi connectivity index (χ0n) is 18.2. The highest BCUT2D eigenvalue weighted by Gasteiger charge is 2.27. The second kappa shape index (κ2) is 10.4. The lowest BCUT2D eigenvalue weighted by Gasteiger charge is -2.30. The number of aliphatic hydroxyl groups excluding tert-OH is 1. The minimum atomic E-state index is -0.0249. The molecule has 3 aromatic rings. The summed E-state index contributed by atoms with van der Waals surface area (Å²) in [6.45, 7) is 2.24. The lowest BCUT2D eigenvalue weighted by atomic mass is 9.97. The molecule has 2 aromatic heterocycles. The first-order chi connectivity index (χ1) is 15.2. The van der Waals surface area contributed by atoms with Crippen LogP contribution in [0.15, 0.2) is 48.7 Å². The summed E-state index contributed by atoms with van der Waals surface area (Å²) in [5.74, 6) is 0.00940. The third-order valence-corrected chi connectivity index (χ3v) is 7.41. The summed E-state index contributed by atoms with van der Waals surface area (Å²) in [7, 11) is 1.77. The van der Waals surface area contributed by atoms with Gasteiger partial charge in [-0.3, -0.25) is 14.7 Å². The van der Waals surface area contributed by atoms with E-state index in [0.29, 0.717) is 12.6 Å². The maximum absolute atomic E-state index is 13.2. The quantitative estimate of drug-likeness (QED) is 0.597. The Hall–Kier alpha value is -2.28. The van der Waals surface area contributed by atoms with Gasteiger partial charge in [0.05, 0.1) is 17.2 Å². The van der Waals surface area contributed by atoms with Gasteiger partial charge in [-0.25, -0.2) is 0 Å². The number of carbonyl (C=O) groups excluding carboxylic acids is 1. The molecule has 0 radical (unpaired) electrons. The summed E-state index contributed by atoms with van der Waals surface area (Å²) in [6.07, 6.45) is 7.55. The minimum absolute atomic E-state index is 0.00940. The zero-order chi connectivity index (χ0) is 21.6. The van der Waals surface area contributed by atoms with Crippen LogP contribution in [0.5, 0.6) is 0 Å². The van der Waals surface area contributed by atoms with Crippen LogP contribution in [0.25, 0.3) is 10.1 Å². The molecule has 1 aromatic carbocycles.